The number of rotatable bonds is 3. The summed E-state index contributed by atoms with van der Waals surface area (Å²) in [5.74, 6) is 0. The number of H-pyrrole nitrogens is 1. The van der Waals surface area contributed by atoms with E-state index >= 15 is 0 Å². The Bertz CT molecular complexity index is 406. The van der Waals surface area contributed by atoms with Crippen molar-refractivity contribution in [3.8, 4) is 11.3 Å². The summed E-state index contributed by atoms with van der Waals surface area (Å²) in [5, 5.41) is 9.81. The summed E-state index contributed by atoms with van der Waals surface area (Å²) >= 11 is 1.65. The molecule has 2 rings (SSSR count). The van der Waals surface area contributed by atoms with E-state index in [4.69, 9.17) is 5.11 Å². The first-order valence-electron chi connectivity index (χ1n) is 4.51. The third-order valence-corrected chi connectivity index (χ3v) is 3.07. The molecule has 0 bridgehead atoms. The highest BCUT2D eigenvalue weighted by molar-refractivity contribution is 7.12. The quantitative estimate of drug-likeness (QED) is 0.810. The molecule has 0 atom stereocenters. The Morgan fingerprint density at radius 3 is 3.07 bits per heavy atom. The number of thiazole rings is 1. The minimum atomic E-state index is 0.166. The highest BCUT2D eigenvalue weighted by Crippen LogP contribution is 2.27. The molecule has 0 saturated heterocycles. The molecular weight excluding hydrogens is 196 g/mol. The first-order valence-corrected chi connectivity index (χ1v) is 5.33. The van der Waals surface area contributed by atoms with E-state index in [0.717, 1.165) is 16.3 Å². The molecule has 0 radical (unpaired) electrons. The van der Waals surface area contributed by atoms with Crippen LogP contribution in [-0.2, 0) is 6.42 Å². The Labute approximate surface area is 86.4 Å². The zero-order valence-corrected chi connectivity index (χ0v) is 8.77. The van der Waals surface area contributed by atoms with E-state index in [0.29, 0.717) is 6.42 Å². The van der Waals surface area contributed by atoms with Gasteiger partial charge in [0.1, 0.15) is 0 Å². The second-order valence-corrected chi connectivity index (χ2v) is 4.37. The van der Waals surface area contributed by atoms with Crippen molar-refractivity contribution in [2.24, 2.45) is 0 Å². The Kier molecular flexibility index (Phi) is 2.65. The molecule has 0 unspecified atom stereocenters. The van der Waals surface area contributed by atoms with Crippen LogP contribution >= 0.6 is 11.3 Å². The molecule has 0 amide bonds. The highest BCUT2D eigenvalue weighted by Gasteiger charge is 2.09. The lowest BCUT2D eigenvalue weighted by molar-refractivity contribution is 0.299. The van der Waals surface area contributed by atoms with E-state index in [-0.39, 0.29) is 6.61 Å². The van der Waals surface area contributed by atoms with Crippen LogP contribution in [0.5, 0.6) is 0 Å². The number of aliphatic hydroxyl groups excluding tert-OH is 1. The van der Waals surface area contributed by atoms with Gasteiger partial charge >= 0.3 is 0 Å². The molecule has 2 aromatic rings. The third kappa shape index (κ3) is 1.71. The molecule has 0 fully saturated rings. The SMILES string of the molecule is Cc1sc(CCO)nc1-c1cc[nH]c1. The van der Waals surface area contributed by atoms with Gasteiger partial charge < -0.3 is 10.1 Å². The van der Waals surface area contributed by atoms with Gasteiger partial charge in [0.2, 0.25) is 0 Å². The zero-order valence-electron chi connectivity index (χ0n) is 7.95. The largest absolute Gasteiger partial charge is 0.396 e. The van der Waals surface area contributed by atoms with Crippen LogP contribution in [0.1, 0.15) is 9.88 Å². The molecule has 2 aromatic heterocycles. The lowest BCUT2D eigenvalue weighted by atomic mass is 10.2. The van der Waals surface area contributed by atoms with Gasteiger partial charge in [-0.2, -0.15) is 0 Å². The summed E-state index contributed by atoms with van der Waals surface area (Å²) in [6, 6.07) is 2.00. The number of aromatic amines is 1. The van der Waals surface area contributed by atoms with Gasteiger partial charge in [0.05, 0.1) is 10.7 Å². The predicted molar refractivity (Wildman–Crippen MR) is 57.4 cm³/mol. The van der Waals surface area contributed by atoms with Crippen molar-refractivity contribution >= 4 is 11.3 Å². The van der Waals surface area contributed by atoms with Crippen LogP contribution in [0.25, 0.3) is 11.3 Å². The summed E-state index contributed by atoms with van der Waals surface area (Å²) in [6.45, 7) is 2.22. The van der Waals surface area contributed by atoms with Crippen molar-refractivity contribution in [1.29, 1.82) is 0 Å². The molecule has 0 aliphatic heterocycles. The average Bonchev–Trinajstić information content (AvgIpc) is 2.74. The van der Waals surface area contributed by atoms with E-state index in [2.05, 4.69) is 16.9 Å². The van der Waals surface area contributed by atoms with E-state index < -0.39 is 0 Å². The Hall–Kier alpha value is -1.13. The Morgan fingerprint density at radius 2 is 2.43 bits per heavy atom. The molecule has 2 heterocycles. The number of nitrogens with zero attached hydrogens (tertiary/aromatic N) is 1. The van der Waals surface area contributed by atoms with Crippen molar-refractivity contribution in [2.45, 2.75) is 13.3 Å². The number of hydrogen-bond donors (Lipinski definition) is 2. The van der Waals surface area contributed by atoms with Crippen molar-refractivity contribution in [1.82, 2.24) is 9.97 Å². The zero-order chi connectivity index (χ0) is 9.97. The number of hydrogen-bond acceptors (Lipinski definition) is 3. The van der Waals surface area contributed by atoms with Crippen LogP contribution in [0.15, 0.2) is 18.5 Å². The van der Waals surface area contributed by atoms with Gasteiger partial charge in [-0.05, 0) is 13.0 Å². The molecule has 2 N–H and O–H groups in total. The van der Waals surface area contributed by atoms with Crippen LogP contribution in [0.4, 0.5) is 0 Å². The van der Waals surface area contributed by atoms with E-state index in [1.54, 1.807) is 11.3 Å². The normalized spacial score (nSPS) is 10.7. The van der Waals surface area contributed by atoms with Crippen molar-refractivity contribution in [3.05, 3.63) is 28.3 Å². The third-order valence-electron chi connectivity index (χ3n) is 2.04. The molecule has 3 nitrogen and oxygen atoms in total. The fourth-order valence-electron chi connectivity index (χ4n) is 1.39. The monoisotopic (exact) mass is 208 g/mol. The minimum absolute atomic E-state index is 0.166. The van der Waals surface area contributed by atoms with Gasteiger partial charge in [0.15, 0.2) is 0 Å². The number of aryl methyl sites for hydroxylation is 1. The van der Waals surface area contributed by atoms with Crippen molar-refractivity contribution in [3.63, 3.8) is 0 Å². The number of aromatic nitrogens is 2. The van der Waals surface area contributed by atoms with Crippen LogP contribution in [0.2, 0.25) is 0 Å². The lowest BCUT2D eigenvalue weighted by Gasteiger charge is -1.91. The smallest absolute Gasteiger partial charge is 0.0958 e. The summed E-state index contributed by atoms with van der Waals surface area (Å²) in [7, 11) is 0. The van der Waals surface area contributed by atoms with Gasteiger partial charge in [-0.1, -0.05) is 0 Å². The van der Waals surface area contributed by atoms with Crippen molar-refractivity contribution < 1.29 is 5.11 Å². The number of nitrogens with one attached hydrogen (secondary N) is 1. The lowest BCUT2D eigenvalue weighted by Crippen LogP contribution is -1.88. The van der Waals surface area contributed by atoms with Crippen LogP contribution in [0, 0.1) is 6.92 Å². The molecule has 0 saturated carbocycles. The van der Waals surface area contributed by atoms with Gasteiger partial charge in [-0.15, -0.1) is 11.3 Å². The summed E-state index contributed by atoms with van der Waals surface area (Å²) < 4.78 is 0. The highest BCUT2D eigenvalue weighted by atomic mass is 32.1. The van der Waals surface area contributed by atoms with Crippen molar-refractivity contribution in [2.75, 3.05) is 6.61 Å². The maximum Gasteiger partial charge on any atom is 0.0958 e. The molecule has 0 spiro atoms. The van der Waals surface area contributed by atoms with Crippen LogP contribution in [0.3, 0.4) is 0 Å². The summed E-state index contributed by atoms with van der Waals surface area (Å²) in [4.78, 5) is 8.69. The molecule has 0 aliphatic rings. The molecule has 4 heteroatoms. The Balaban J connectivity index is 2.35. The molecule has 0 aliphatic carbocycles. The molecule has 74 valence electrons. The van der Waals surface area contributed by atoms with Gasteiger partial charge in [0, 0.05) is 35.9 Å². The minimum Gasteiger partial charge on any atom is -0.396 e. The second-order valence-electron chi connectivity index (χ2n) is 3.09. The van der Waals surface area contributed by atoms with Gasteiger partial charge in [-0.3, -0.25) is 0 Å². The molecule has 14 heavy (non-hydrogen) atoms. The first kappa shape index (κ1) is 9.43. The van der Waals surface area contributed by atoms with Crippen LogP contribution in [-0.4, -0.2) is 21.7 Å². The van der Waals surface area contributed by atoms with Gasteiger partial charge in [-0.25, -0.2) is 4.98 Å². The van der Waals surface area contributed by atoms with E-state index in [1.807, 2.05) is 18.5 Å². The topological polar surface area (TPSA) is 48.9 Å². The van der Waals surface area contributed by atoms with Crippen LogP contribution < -0.4 is 0 Å². The summed E-state index contributed by atoms with van der Waals surface area (Å²) in [5.41, 5.74) is 2.14. The fraction of sp³-hybridized carbons (Fsp3) is 0.300. The Morgan fingerprint density at radius 1 is 1.57 bits per heavy atom. The average molecular weight is 208 g/mol. The van der Waals surface area contributed by atoms with E-state index in [9.17, 15) is 0 Å². The first-order chi connectivity index (χ1) is 6.81. The molecular formula is C10H12N2OS. The number of aliphatic hydroxyl groups is 1. The fourth-order valence-corrected chi connectivity index (χ4v) is 2.34. The summed E-state index contributed by atoms with van der Waals surface area (Å²) in [6.07, 6.45) is 4.47. The maximum absolute atomic E-state index is 8.81. The van der Waals surface area contributed by atoms with Gasteiger partial charge in [0.25, 0.3) is 0 Å². The molecule has 0 aromatic carbocycles. The second kappa shape index (κ2) is 3.94. The standard InChI is InChI=1S/C10H12N2OS/c1-7-10(8-2-4-11-6-8)12-9(14-7)3-5-13/h2,4,6,11,13H,3,5H2,1H3. The maximum atomic E-state index is 8.81. The predicted octanol–water partition coefficient (Wildman–Crippen LogP) is 1.98. The van der Waals surface area contributed by atoms with E-state index in [1.165, 1.54) is 4.88 Å².